The lowest BCUT2D eigenvalue weighted by Crippen LogP contribution is -2.48. The first kappa shape index (κ1) is 28.8. The molecule has 222 valence electrons. The monoisotopic (exact) mass is 610 g/mol. The third-order valence-electron chi connectivity index (χ3n) is 7.34. The minimum atomic E-state index is -5.03. The predicted molar refractivity (Wildman–Crippen MR) is 153 cm³/mol. The second-order valence-corrected chi connectivity index (χ2v) is 12.0. The van der Waals surface area contributed by atoms with E-state index >= 15 is 0 Å². The minimum Gasteiger partial charge on any atom is -0.404 e. The third-order valence-corrected chi connectivity index (χ3v) is 9.28. The highest BCUT2D eigenvalue weighted by atomic mass is 32.2. The van der Waals surface area contributed by atoms with E-state index in [0.29, 0.717) is 31.0 Å². The molecule has 1 aliphatic heterocycles. The zero-order valence-electron chi connectivity index (χ0n) is 22.7. The van der Waals surface area contributed by atoms with Crippen LogP contribution in [-0.2, 0) is 16.6 Å². The molecule has 3 heterocycles. The summed E-state index contributed by atoms with van der Waals surface area (Å²) in [4.78, 5) is 6.38. The van der Waals surface area contributed by atoms with Crippen LogP contribution in [0.4, 0.5) is 17.6 Å². The van der Waals surface area contributed by atoms with E-state index in [1.54, 1.807) is 12.1 Å². The van der Waals surface area contributed by atoms with Gasteiger partial charge in [0.25, 0.3) is 0 Å². The Morgan fingerprint density at radius 2 is 1.42 bits per heavy atom. The molecule has 1 fully saturated rings. The lowest BCUT2D eigenvalue weighted by Gasteiger charge is -2.34. The highest BCUT2D eigenvalue weighted by Crippen LogP contribution is 2.33. The number of sulfonamides is 1. The number of aromatic nitrogens is 2. The van der Waals surface area contributed by atoms with Crippen molar-refractivity contribution >= 4 is 15.7 Å². The van der Waals surface area contributed by atoms with Gasteiger partial charge >= 0.3 is 6.36 Å². The molecule has 5 aromatic rings. The van der Waals surface area contributed by atoms with Gasteiger partial charge in [-0.3, -0.25) is 4.90 Å². The van der Waals surface area contributed by atoms with Crippen molar-refractivity contribution in [1.82, 2.24) is 18.6 Å². The summed E-state index contributed by atoms with van der Waals surface area (Å²) in [5, 5.41) is 0. The largest absolute Gasteiger partial charge is 0.573 e. The number of nitrogens with zero attached hydrogens (tertiary/aromatic N) is 4. The Labute approximate surface area is 245 Å². The number of ether oxygens (including phenoxy) is 1. The fourth-order valence-electron chi connectivity index (χ4n) is 5.24. The second kappa shape index (κ2) is 11.4. The molecule has 0 aliphatic carbocycles. The Hall–Kier alpha value is -4.26. The summed E-state index contributed by atoms with van der Waals surface area (Å²) in [6, 6.07) is 24.6. The molecule has 0 unspecified atom stereocenters. The van der Waals surface area contributed by atoms with Gasteiger partial charge < -0.3 is 9.14 Å². The fourth-order valence-corrected chi connectivity index (χ4v) is 6.77. The maximum atomic E-state index is 13.7. The Morgan fingerprint density at radius 1 is 0.767 bits per heavy atom. The first-order chi connectivity index (χ1) is 20.6. The molecule has 0 bridgehead atoms. The Bertz CT molecular complexity index is 1850. The Kier molecular flexibility index (Phi) is 7.67. The molecule has 1 saturated heterocycles. The SMILES string of the molecule is O=S(=O)(c1ccccc1OC(F)(F)F)N1CCN(Cc2c(-c3ccc(F)cc3)nc3ccc(-c4ccccc4)cn23)CC1. The van der Waals surface area contributed by atoms with Crippen LogP contribution in [0.15, 0.2) is 102 Å². The number of fused-ring (bicyclic) bond motifs is 1. The molecule has 0 amide bonds. The van der Waals surface area contributed by atoms with Gasteiger partial charge in [0, 0.05) is 44.5 Å². The molecule has 0 N–H and O–H groups in total. The van der Waals surface area contributed by atoms with Gasteiger partial charge in [0.05, 0.1) is 11.4 Å². The van der Waals surface area contributed by atoms with Crippen molar-refractivity contribution in [3.05, 3.63) is 109 Å². The molecule has 1 aliphatic rings. The molecular weight excluding hydrogens is 584 g/mol. The van der Waals surface area contributed by atoms with Crippen LogP contribution in [-0.4, -0.2) is 59.5 Å². The third kappa shape index (κ3) is 6.12. The van der Waals surface area contributed by atoms with E-state index in [1.165, 1.54) is 28.6 Å². The summed E-state index contributed by atoms with van der Waals surface area (Å²) in [6.45, 7) is 1.21. The zero-order chi connectivity index (χ0) is 30.2. The van der Waals surface area contributed by atoms with Crippen LogP contribution in [0, 0.1) is 5.82 Å². The fraction of sp³-hybridized carbons (Fsp3) is 0.194. The van der Waals surface area contributed by atoms with E-state index in [0.717, 1.165) is 34.5 Å². The average Bonchev–Trinajstić information content (AvgIpc) is 3.35. The number of alkyl halides is 3. The predicted octanol–water partition coefficient (Wildman–Crippen LogP) is 6.21. The van der Waals surface area contributed by atoms with E-state index in [4.69, 9.17) is 4.98 Å². The van der Waals surface area contributed by atoms with Gasteiger partial charge in [-0.15, -0.1) is 13.2 Å². The van der Waals surface area contributed by atoms with Crippen molar-refractivity contribution < 1.29 is 30.7 Å². The summed E-state index contributed by atoms with van der Waals surface area (Å²) in [5.74, 6) is -1.12. The number of halogens is 4. The van der Waals surface area contributed by atoms with Crippen LogP contribution in [0.5, 0.6) is 5.75 Å². The van der Waals surface area contributed by atoms with Crippen LogP contribution in [0.1, 0.15) is 5.69 Å². The first-order valence-corrected chi connectivity index (χ1v) is 14.9. The summed E-state index contributed by atoms with van der Waals surface area (Å²) in [5.41, 5.74) is 4.98. The molecule has 43 heavy (non-hydrogen) atoms. The summed E-state index contributed by atoms with van der Waals surface area (Å²) >= 11 is 0. The number of piperazine rings is 1. The van der Waals surface area contributed by atoms with Crippen molar-refractivity contribution in [1.29, 1.82) is 0 Å². The number of hydrogen-bond donors (Lipinski definition) is 0. The zero-order valence-corrected chi connectivity index (χ0v) is 23.5. The van der Waals surface area contributed by atoms with Crippen LogP contribution in [0.3, 0.4) is 0 Å². The summed E-state index contributed by atoms with van der Waals surface area (Å²) in [7, 11) is -4.25. The Morgan fingerprint density at radius 3 is 2.12 bits per heavy atom. The number of hydrogen-bond acceptors (Lipinski definition) is 5. The van der Waals surface area contributed by atoms with Crippen LogP contribution < -0.4 is 4.74 Å². The number of para-hydroxylation sites is 1. The van der Waals surface area contributed by atoms with Gasteiger partial charge in [0.2, 0.25) is 10.0 Å². The number of imidazole rings is 1. The average molecular weight is 611 g/mol. The van der Waals surface area contributed by atoms with Gasteiger partial charge in [0.15, 0.2) is 0 Å². The van der Waals surface area contributed by atoms with E-state index < -0.39 is 27.0 Å². The van der Waals surface area contributed by atoms with Crippen molar-refractivity contribution in [3.63, 3.8) is 0 Å². The molecular formula is C31H26F4N4O3S. The summed E-state index contributed by atoms with van der Waals surface area (Å²) < 4.78 is 86.4. The van der Waals surface area contributed by atoms with Crippen LogP contribution in [0.25, 0.3) is 28.0 Å². The van der Waals surface area contributed by atoms with Crippen molar-refractivity contribution in [2.24, 2.45) is 0 Å². The topological polar surface area (TPSA) is 67.2 Å². The van der Waals surface area contributed by atoms with E-state index in [1.807, 2.05) is 53.1 Å². The van der Waals surface area contributed by atoms with Gasteiger partial charge in [-0.1, -0.05) is 42.5 Å². The highest BCUT2D eigenvalue weighted by molar-refractivity contribution is 7.89. The van der Waals surface area contributed by atoms with Crippen LogP contribution >= 0.6 is 0 Å². The molecule has 2 aromatic heterocycles. The lowest BCUT2D eigenvalue weighted by molar-refractivity contribution is -0.275. The molecule has 7 nitrogen and oxygen atoms in total. The van der Waals surface area contributed by atoms with Gasteiger partial charge in [-0.2, -0.15) is 4.31 Å². The number of benzene rings is 3. The number of rotatable bonds is 7. The summed E-state index contributed by atoms with van der Waals surface area (Å²) in [6.07, 6.45) is -3.03. The lowest BCUT2D eigenvalue weighted by atomic mass is 10.1. The van der Waals surface area contributed by atoms with Crippen molar-refractivity contribution in [2.45, 2.75) is 17.8 Å². The quantitative estimate of drug-likeness (QED) is 0.205. The van der Waals surface area contributed by atoms with Gasteiger partial charge in [0.1, 0.15) is 22.1 Å². The second-order valence-electron chi connectivity index (χ2n) is 10.1. The standard InChI is InChI=1S/C31H26F4N4O3S/c32-25-13-10-23(11-14-25)30-26(39-20-24(12-15-29(39)36-30)22-6-2-1-3-7-22)21-37-16-18-38(19-17-37)43(40,41)28-9-5-4-8-27(28)42-31(33,34)35/h1-15,20H,16-19,21H2. The first-order valence-electron chi connectivity index (χ1n) is 13.5. The molecule has 3 aromatic carbocycles. The minimum absolute atomic E-state index is 0.0700. The molecule has 6 rings (SSSR count). The highest BCUT2D eigenvalue weighted by Gasteiger charge is 2.36. The van der Waals surface area contributed by atoms with Crippen molar-refractivity contribution in [3.8, 4) is 28.1 Å². The molecule has 0 radical (unpaired) electrons. The molecule has 0 atom stereocenters. The van der Waals surface area contributed by atoms with Crippen LogP contribution in [0.2, 0.25) is 0 Å². The van der Waals surface area contributed by atoms with Gasteiger partial charge in [-0.25, -0.2) is 17.8 Å². The smallest absolute Gasteiger partial charge is 0.404 e. The van der Waals surface area contributed by atoms with E-state index in [9.17, 15) is 26.0 Å². The van der Waals surface area contributed by atoms with Crippen molar-refractivity contribution in [2.75, 3.05) is 26.2 Å². The van der Waals surface area contributed by atoms with E-state index in [2.05, 4.69) is 9.64 Å². The van der Waals surface area contributed by atoms with Gasteiger partial charge in [-0.05, 0) is 59.7 Å². The van der Waals surface area contributed by atoms with E-state index in [-0.39, 0.29) is 18.9 Å². The normalized spacial score (nSPS) is 15.2. The molecule has 12 heteroatoms. The maximum absolute atomic E-state index is 13.7. The Balaban J connectivity index is 1.28. The molecule has 0 spiro atoms. The number of pyridine rings is 1. The molecule has 0 saturated carbocycles. The maximum Gasteiger partial charge on any atom is 0.573 e.